The van der Waals surface area contributed by atoms with E-state index in [1.54, 1.807) is 0 Å². The highest BCUT2D eigenvalue weighted by atomic mass is 16.5. The summed E-state index contributed by atoms with van der Waals surface area (Å²) in [5, 5.41) is 3.03. The largest absolute Gasteiger partial charge is 0.494 e. The van der Waals surface area contributed by atoms with Crippen LogP contribution in [-0.2, 0) is 4.79 Å². The second-order valence-corrected chi connectivity index (χ2v) is 5.94. The van der Waals surface area contributed by atoms with E-state index in [4.69, 9.17) is 9.47 Å². The molecule has 0 radical (unpaired) electrons. The van der Waals surface area contributed by atoms with Gasteiger partial charge in [0.2, 0.25) is 5.91 Å². The van der Waals surface area contributed by atoms with Crippen LogP contribution >= 0.6 is 0 Å². The number of ether oxygens (including phenoxy) is 2. The van der Waals surface area contributed by atoms with Crippen LogP contribution in [0.1, 0.15) is 33.1 Å². The molecule has 21 heavy (non-hydrogen) atoms. The second-order valence-electron chi connectivity index (χ2n) is 5.94. The number of anilines is 1. The molecular formula is C17H23NO3. The fourth-order valence-electron chi connectivity index (χ4n) is 3.31. The first kappa shape index (κ1) is 14.2. The van der Waals surface area contributed by atoms with Crippen LogP contribution in [-0.4, -0.2) is 19.1 Å². The van der Waals surface area contributed by atoms with Crippen molar-refractivity contribution < 1.29 is 14.3 Å². The van der Waals surface area contributed by atoms with Gasteiger partial charge in [-0.15, -0.1) is 0 Å². The lowest BCUT2D eigenvalue weighted by Crippen LogP contribution is -2.22. The summed E-state index contributed by atoms with van der Waals surface area (Å²) in [5.74, 6) is 3.36. The lowest BCUT2D eigenvalue weighted by molar-refractivity contribution is -0.120. The molecule has 114 valence electrons. The monoisotopic (exact) mass is 289 g/mol. The molecule has 1 aromatic rings. The van der Waals surface area contributed by atoms with Gasteiger partial charge in [-0.2, -0.15) is 0 Å². The first-order valence-electron chi connectivity index (χ1n) is 7.91. The minimum Gasteiger partial charge on any atom is -0.494 e. The molecule has 2 aliphatic rings. The van der Waals surface area contributed by atoms with Crippen LogP contribution in [0.4, 0.5) is 5.69 Å². The molecule has 1 aromatic carbocycles. The van der Waals surface area contributed by atoms with E-state index in [1.807, 2.05) is 32.0 Å². The molecule has 1 amide bonds. The van der Waals surface area contributed by atoms with Crippen molar-refractivity contribution >= 4 is 11.6 Å². The molecule has 4 heteroatoms. The summed E-state index contributed by atoms with van der Waals surface area (Å²) in [6.45, 7) is 5.06. The van der Waals surface area contributed by atoms with Crippen molar-refractivity contribution in [2.75, 3.05) is 18.5 Å². The van der Waals surface area contributed by atoms with E-state index in [9.17, 15) is 4.79 Å². The zero-order valence-corrected chi connectivity index (χ0v) is 12.7. The Kier molecular flexibility index (Phi) is 4.04. The number of rotatable bonds is 6. The lowest BCUT2D eigenvalue weighted by atomic mass is 10.0. The summed E-state index contributed by atoms with van der Waals surface area (Å²) in [6.07, 6.45) is 3.42. The number of hydrogen-bond donors (Lipinski definition) is 1. The third kappa shape index (κ3) is 3.14. The Balaban J connectivity index is 1.71. The summed E-state index contributed by atoms with van der Waals surface area (Å²) in [5.41, 5.74) is 0.716. The number of hydrogen-bond acceptors (Lipinski definition) is 3. The summed E-state index contributed by atoms with van der Waals surface area (Å²) in [7, 11) is 0. The maximum absolute atomic E-state index is 12.4. The number of carbonyl (C=O) groups excluding carboxylic acids is 1. The topological polar surface area (TPSA) is 47.6 Å². The van der Waals surface area contributed by atoms with E-state index in [1.165, 1.54) is 6.42 Å². The third-order valence-corrected chi connectivity index (χ3v) is 4.43. The van der Waals surface area contributed by atoms with Crippen molar-refractivity contribution in [2.24, 2.45) is 17.8 Å². The molecule has 4 nitrogen and oxygen atoms in total. The highest BCUT2D eigenvalue weighted by Crippen LogP contribution is 2.54. The van der Waals surface area contributed by atoms with Gasteiger partial charge in [-0.25, -0.2) is 0 Å². The van der Waals surface area contributed by atoms with E-state index in [0.717, 1.165) is 30.4 Å². The van der Waals surface area contributed by atoms with Gasteiger partial charge in [-0.3, -0.25) is 4.79 Å². The van der Waals surface area contributed by atoms with Crippen LogP contribution in [0.3, 0.4) is 0 Å². The van der Waals surface area contributed by atoms with Crippen LogP contribution in [0.25, 0.3) is 0 Å². The van der Waals surface area contributed by atoms with Gasteiger partial charge in [0.05, 0.1) is 18.9 Å². The molecular weight excluding hydrogens is 266 g/mol. The van der Waals surface area contributed by atoms with E-state index < -0.39 is 0 Å². The van der Waals surface area contributed by atoms with Crippen molar-refractivity contribution in [2.45, 2.75) is 33.1 Å². The number of benzene rings is 1. The van der Waals surface area contributed by atoms with Crippen molar-refractivity contribution in [1.29, 1.82) is 0 Å². The van der Waals surface area contributed by atoms with Crippen molar-refractivity contribution in [3.8, 4) is 11.5 Å². The molecule has 3 rings (SSSR count). The predicted octanol–water partition coefficient (Wildman–Crippen LogP) is 3.47. The fraction of sp³-hybridized carbons (Fsp3) is 0.588. The Hall–Kier alpha value is -1.71. The van der Waals surface area contributed by atoms with Crippen molar-refractivity contribution in [3.63, 3.8) is 0 Å². The standard InChI is InChI=1S/C17H23NO3/c1-3-20-14-5-6-16(21-4-2)15(10-14)18-17(19)13-8-11-7-12(11)9-13/h5-6,10-13H,3-4,7-9H2,1-2H3,(H,18,19). The van der Waals surface area contributed by atoms with Gasteiger partial charge in [0.15, 0.2) is 0 Å². The van der Waals surface area contributed by atoms with Crippen LogP contribution in [0.5, 0.6) is 11.5 Å². The van der Waals surface area contributed by atoms with Crippen LogP contribution in [0.15, 0.2) is 18.2 Å². The van der Waals surface area contributed by atoms with E-state index in [-0.39, 0.29) is 11.8 Å². The van der Waals surface area contributed by atoms with Crippen LogP contribution < -0.4 is 14.8 Å². The van der Waals surface area contributed by atoms with Crippen molar-refractivity contribution in [3.05, 3.63) is 18.2 Å². The van der Waals surface area contributed by atoms with Gasteiger partial charge in [0.25, 0.3) is 0 Å². The summed E-state index contributed by atoms with van der Waals surface area (Å²) in [4.78, 5) is 12.4. The Morgan fingerprint density at radius 3 is 2.52 bits per heavy atom. The minimum absolute atomic E-state index is 0.122. The molecule has 2 saturated carbocycles. The van der Waals surface area contributed by atoms with E-state index >= 15 is 0 Å². The normalized spacial score (nSPS) is 26.1. The maximum atomic E-state index is 12.4. The van der Waals surface area contributed by atoms with Gasteiger partial charge in [0, 0.05) is 12.0 Å². The Labute approximate surface area is 125 Å². The first-order chi connectivity index (χ1) is 10.2. The minimum atomic E-state index is 0.122. The zero-order chi connectivity index (χ0) is 14.8. The highest BCUT2D eigenvalue weighted by Gasteiger charge is 2.48. The Bertz CT molecular complexity index is 519. The van der Waals surface area contributed by atoms with Crippen LogP contribution in [0, 0.1) is 17.8 Å². The molecule has 0 aliphatic heterocycles. The van der Waals surface area contributed by atoms with Gasteiger partial charge < -0.3 is 14.8 Å². The maximum Gasteiger partial charge on any atom is 0.227 e. The molecule has 0 spiro atoms. The lowest BCUT2D eigenvalue weighted by Gasteiger charge is -2.16. The highest BCUT2D eigenvalue weighted by molar-refractivity contribution is 5.94. The van der Waals surface area contributed by atoms with E-state index in [2.05, 4.69) is 5.32 Å². The summed E-state index contributed by atoms with van der Waals surface area (Å²) < 4.78 is 11.1. The first-order valence-corrected chi connectivity index (χ1v) is 7.91. The van der Waals surface area contributed by atoms with Gasteiger partial charge in [0.1, 0.15) is 11.5 Å². The quantitative estimate of drug-likeness (QED) is 0.872. The SMILES string of the molecule is CCOc1ccc(OCC)c(NC(=O)C2CC3CC3C2)c1. The number of carbonyl (C=O) groups is 1. The molecule has 0 heterocycles. The average molecular weight is 289 g/mol. The Morgan fingerprint density at radius 2 is 1.86 bits per heavy atom. The van der Waals surface area contributed by atoms with Crippen molar-refractivity contribution in [1.82, 2.24) is 0 Å². The third-order valence-electron chi connectivity index (χ3n) is 4.43. The second kappa shape index (κ2) is 5.96. The predicted molar refractivity (Wildman–Crippen MR) is 81.7 cm³/mol. The fourth-order valence-corrected chi connectivity index (χ4v) is 3.31. The molecule has 0 aromatic heterocycles. The molecule has 2 fully saturated rings. The number of amides is 1. The molecule has 0 saturated heterocycles. The number of fused-ring (bicyclic) bond motifs is 1. The van der Waals surface area contributed by atoms with Crippen LogP contribution in [0.2, 0.25) is 0 Å². The zero-order valence-electron chi connectivity index (χ0n) is 12.7. The van der Waals surface area contributed by atoms with Gasteiger partial charge >= 0.3 is 0 Å². The average Bonchev–Trinajstić information content (AvgIpc) is 3.08. The molecule has 2 unspecified atom stereocenters. The van der Waals surface area contributed by atoms with Gasteiger partial charge in [-0.05, 0) is 57.1 Å². The van der Waals surface area contributed by atoms with E-state index in [0.29, 0.717) is 24.7 Å². The smallest absolute Gasteiger partial charge is 0.227 e. The molecule has 0 bridgehead atoms. The van der Waals surface area contributed by atoms with Gasteiger partial charge in [-0.1, -0.05) is 0 Å². The molecule has 2 atom stereocenters. The molecule has 1 N–H and O–H groups in total. The Morgan fingerprint density at radius 1 is 1.14 bits per heavy atom. The summed E-state index contributed by atoms with van der Waals surface area (Å²) >= 11 is 0. The molecule has 2 aliphatic carbocycles. The number of nitrogens with one attached hydrogen (secondary N) is 1. The summed E-state index contributed by atoms with van der Waals surface area (Å²) in [6, 6.07) is 5.58.